The highest BCUT2D eigenvalue weighted by Crippen LogP contribution is 2.35. The maximum Gasteiger partial charge on any atom is 0.305 e. The van der Waals surface area contributed by atoms with Gasteiger partial charge in [0.15, 0.2) is 5.79 Å². The van der Waals surface area contributed by atoms with Gasteiger partial charge in [0.2, 0.25) is 0 Å². The minimum Gasteiger partial charge on any atom is -0.483 e. The third-order valence-electron chi connectivity index (χ3n) is 12.5. The monoisotopic (exact) mass is 810 g/mol. The van der Waals surface area contributed by atoms with Crippen molar-refractivity contribution in [3.05, 3.63) is 0 Å². The summed E-state index contributed by atoms with van der Waals surface area (Å²) in [6.07, 6.45) is 42.0. The molecule has 0 aromatic carbocycles. The van der Waals surface area contributed by atoms with Crippen molar-refractivity contribution in [2.75, 3.05) is 32.8 Å². The second-order valence-corrected chi connectivity index (χ2v) is 17.6. The van der Waals surface area contributed by atoms with E-state index >= 15 is 0 Å². The van der Waals surface area contributed by atoms with Gasteiger partial charge in [-0.2, -0.15) is 0 Å². The molecular weight excluding hydrogens is 711 g/mol. The largest absolute Gasteiger partial charge is 0.483 e. The number of carbonyl (C=O) groups is 2. The van der Waals surface area contributed by atoms with Crippen LogP contribution in [-0.2, 0) is 23.8 Å². The van der Waals surface area contributed by atoms with Gasteiger partial charge in [-0.1, -0.05) is 208 Å². The number of carbonyl (C=O) groups excluding carboxylic acids is 1. The number of likely N-dealkylation sites (N-methyl/N-ethyl adjacent to an activating group) is 1. The number of hydrogen-bond acceptors (Lipinski definition) is 6. The summed E-state index contributed by atoms with van der Waals surface area (Å²) in [7, 11) is 0. The molecule has 0 bridgehead atoms. The number of rotatable bonds is 41. The molecule has 1 fully saturated rings. The summed E-state index contributed by atoms with van der Waals surface area (Å²) in [5.41, 5.74) is 0. The van der Waals surface area contributed by atoms with Crippen molar-refractivity contribution in [3.63, 3.8) is 0 Å². The first-order valence-electron chi connectivity index (χ1n) is 25.1. The van der Waals surface area contributed by atoms with Gasteiger partial charge in [0.25, 0.3) is 6.47 Å². The van der Waals surface area contributed by atoms with E-state index in [1.165, 1.54) is 167 Å². The van der Waals surface area contributed by atoms with Crippen molar-refractivity contribution in [1.82, 2.24) is 4.90 Å². The van der Waals surface area contributed by atoms with E-state index in [0.717, 1.165) is 76.6 Å². The molecular formula is C50H99NO6. The molecule has 0 aliphatic carbocycles. The Labute approximate surface area is 355 Å². The van der Waals surface area contributed by atoms with Gasteiger partial charge in [0.05, 0.1) is 19.3 Å². The smallest absolute Gasteiger partial charge is 0.305 e. The van der Waals surface area contributed by atoms with Crippen LogP contribution in [0.25, 0.3) is 0 Å². The van der Waals surface area contributed by atoms with Crippen molar-refractivity contribution in [2.24, 2.45) is 11.8 Å². The van der Waals surface area contributed by atoms with Gasteiger partial charge in [0.1, 0.15) is 0 Å². The fourth-order valence-corrected chi connectivity index (χ4v) is 8.78. The molecule has 57 heavy (non-hydrogen) atoms. The molecule has 0 saturated carbocycles. The molecule has 1 heterocycles. The predicted molar refractivity (Wildman–Crippen MR) is 243 cm³/mol. The average molecular weight is 810 g/mol. The van der Waals surface area contributed by atoms with Gasteiger partial charge in [-0.15, -0.1) is 0 Å². The Bertz CT molecular complexity index is 833. The molecule has 0 spiro atoms. The maximum absolute atomic E-state index is 12.5. The zero-order valence-electron chi connectivity index (χ0n) is 39.1. The van der Waals surface area contributed by atoms with E-state index in [4.69, 9.17) is 24.1 Å². The minimum atomic E-state index is -0.392. The second kappa shape index (κ2) is 41.5. The maximum atomic E-state index is 12.5. The molecule has 7 nitrogen and oxygen atoms in total. The summed E-state index contributed by atoms with van der Waals surface area (Å²) in [6.45, 7) is 17.9. The minimum absolute atomic E-state index is 0.00562. The second-order valence-electron chi connectivity index (χ2n) is 17.6. The Balaban J connectivity index is 0.0000101. The SMILES string of the molecule is CCCCCC(CCCCC)CCCCCCCCCC1(CCCCCCCC(=O)OCCC(CCCCC)CCCCC)OCC(CN(CC)CC)O1.O=CO. The van der Waals surface area contributed by atoms with Gasteiger partial charge in [-0.25, -0.2) is 0 Å². The van der Waals surface area contributed by atoms with Crippen molar-refractivity contribution in [3.8, 4) is 0 Å². The van der Waals surface area contributed by atoms with Crippen LogP contribution in [0.3, 0.4) is 0 Å². The van der Waals surface area contributed by atoms with Crippen LogP contribution in [0.1, 0.15) is 253 Å². The molecule has 0 aromatic heterocycles. The van der Waals surface area contributed by atoms with E-state index in [-0.39, 0.29) is 18.5 Å². The lowest BCUT2D eigenvalue weighted by Gasteiger charge is -2.29. The predicted octanol–water partition coefficient (Wildman–Crippen LogP) is 14.9. The summed E-state index contributed by atoms with van der Waals surface area (Å²) in [6, 6.07) is 0. The number of nitrogens with zero attached hydrogens (tertiary/aromatic N) is 1. The van der Waals surface area contributed by atoms with E-state index < -0.39 is 5.79 Å². The topological polar surface area (TPSA) is 85.3 Å². The van der Waals surface area contributed by atoms with Crippen molar-refractivity contribution >= 4 is 12.4 Å². The van der Waals surface area contributed by atoms with Gasteiger partial charge < -0.3 is 24.2 Å². The van der Waals surface area contributed by atoms with Crippen LogP contribution in [0.5, 0.6) is 0 Å². The normalized spacial score (nSPS) is 16.8. The number of unbranched alkanes of at least 4 members (excludes halogenated alkanes) is 18. The number of esters is 1. The van der Waals surface area contributed by atoms with Crippen LogP contribution in [0, 0.1) is 11.8 Å². The molecule has 1 aliphatic rings. The summed E-state index contributed by atoms with van der Waals surface area (Å²) in [5.74, 6) is 1.31. The fourth-order valence-electron chi connectivity index (χ4n) is 8.78. The Morgan fingerprint density at radius 1 is 0.614 bits per heavy atom. The number of hydrogen-bond donors (Lipinski definition) is 1. The molecule has 0 amide bonds. The van der Waals surface area contributed by atoms with E-state index in [2.05, 4.69) is 46.4 Å². The number of carboxylic acid groups (broad SMARTS) is 1. The van der Waals surface area contributed by atoms with Crippen LogP contribution in [0.2, 0.25) is 0 Å². The first kappa shape index (κ1) is 55.8. The quantitative estimate of drug-likeness (QED) is 0.0374. The fraction of sp³-hybridized carbons (Fsp3) is 0.960. The van der Waals surface area contributed by atoms with Crippen molar-refractivity contribution < 1.29 is 28.9 Å². The molecule has 1 N–H and O–H groups in total. The summed E-state index contributed by atoms with van der Waals surface area (Å²) < 4.78 is 19.0. The molecule has 7 heteroatoms. The lowest BCUT2D eigenvalue weighted by atomic mass is 9.90. The van der Waals surface area contributed by atoms with Crippen LogP contribution < -0.4 is 0 Å². The Kier molecular flexibility index (Phi) is 40.7. The van der Waals surface area contributed by atoms with E-state index in [9.17, 15) is 4.79 Å². The molecule has 0 radical (unpaired) electrons. The first-order valence-corrected chi connectivity index (χ1v) is 25.1. The first-order chi connectivity index (χ1) is 27.9. The highest BCUT2D eigenvalue weighted by molar-refractivity contribution is 5.69. The van der Waals surface area contributed by atoms with E-state index in [0.29, 0.717) is 13.0 Å². The molecule has 2 unspecified atom stereocenters. The van der Waals surface area contributed by atoms with Gasteiger partial charge in [0, 0.05) is 25.8 Å². The van der Waals surface area contributed by atoms with Crippen LogP contribution >= 0.6 is 0 Å². The Morgan fingerprint density at radius 2 is 1.00 bits per heavy atom. The van der Waals surface area contributed by atoms with E-state index in [1.54, 1.807) is 0 Å². The van der Waals surface area contributed by atoms with Crippen LogP contribution in [0.4, 0.5) is 0 Å². The standard InChI is InChI=1S/C49H97NO4.CH2O2/c1-7-13-25-33-45(34-26-14-8-2)37-29-21-18-17-19-23-31-40-49(53-44-47(54-49)43-50(11-5)12-6)41-32-24-20-22-30-38-48(51)52-42-39-46(35-27-15-9-3)36-28-16-10-4;2-1-3/h45-47H,7-44H2,1-6H3;1H,(H,2,3). The number of ether oxygens (including phenoxy) is 3. The molecule has 340 valence electrons. The summed E-state index contributed by atoms with van der Waals surface area (Å²) in [4.78, 5) is 23.3. The third kappa shape index (κ3) is 33.3. The van der Waals surface area contributed by atoms with Gasteiger partial charge >= 0.3 is 5.97 Å². The summed E-state index contributed by atoms with van der Waals surface area (Å²) >= 11 is 0. The third-order valence-corrected chi connectivity index (χ3v) is 12.5. The van der Waals surface area contributed by atoms with Gasteiger partial charge in [-0.05, 0) is 50.6 Å². The molecule has 2 atom stereocenters. The van der Waals surface area contributed by atoms with Crippen molar-refractivity contribution in [2.45, 2.75) is 265 Å². The Morgan fingerprint density at radius 3 is 1.44 bits per heavy atom. The molecule has 0 aromatic rings. The van der Waals surface area contributed by atoms with Crippen molar-refractivity contribution in [1.29, 1.82) is 0 Å². The average Bonchev–Trinajstić information content (AvgIpc) is 3.61. The van der Waals surface area contributed by atoms with Crippen LogP contribution in [0.15, 0.2) is 0 Å². The van der Waals surface area contributed by atoms with E-state index in [1.807, 2.05) is 0 Å². The lowest BCUT2D eigenvalue weighted by molar-refractivity contribution is -0.180. The molecule has 1 rings (SSSR count). The van der Waals surface area contributed by atoms with Crippen LogP contribution in [-0.4, -0.2) is 67.2 Å². The highest BCUT2D eigenvalue weighted by atomic mass is 16.7. The Hall–Kier alpha value is -1.18. The zero-order valence-corrected chi connectivity index (χ0v) is 39.1. The highest BCUT2D eigenvalue weighted by Gasteiger charge is 2.40. The lowest BCUT2D eigenvalue weighted by Crippen LogP contribution is -2.36. The zero-order chi connectivity index (χ0) is 42.1. The summed E-state index contributed by atoms with van der Waals surface area (Å²) in [5, 5.41) is 6.89. The molecule has 1 aliphatic heterocycles. The van der Waals surface area contributed by atoms with Gasteiger partial charge in [-0.3, -0.25) is 9.59 Å². The molecule has 1 saturated heterocycles.